The zero-order chi connectivity index (χ0) is 12.8. The third-order valence-electron chi connectivity index (χ3n) is 2.98. The van der Waals surface area contributed by atoms with Crippen LogP contribution in [0, 0.1) is 0 Å². The van der Waals surface area contributed by atoms with E-state index in [0.29, 0.717) is 18.7 Å². The average Bonchev–Trinajstić information content (AvgIpc) is 2.42. The molecule has 0 bridgehead atoms. The van der Waals surface area contributed by atoms with Gasteiger partial charge in [-0.2, -0.15) is 0 Å². The number of benzene rings is 1. The van der Waals surface area contributed by atoms with E-state index in [9.17, 15) is 0 Å². The molecule has 98 valence electrons. The van der Waals surface area contributed by atoms with Gasteiger partial charge in [-0.05, 0) is 37.5 Å². The highest BCUT2D eigenvalue weighted by Gasteiger charge is 2.15. The molecule has 1 aliphatic heterocycles. The van der Waals surface area contributed by atoms with E-state index in [4.69, 9.17) is 14.7 Å². The zero-order valence-electron chi connectivity index (χ0n) is 10.6. The Morgan fingerprint density at radius 2 is 2.22 bits per heavy atom. The van der Waals surface area contributed by atoms with E-state index in [0.717, 1.165) is 30.8 Å². The Kier molecular flexibility index (Phi) is 4.59. The molecule has 1 aliphatic rings. The lowest BCUT2D eigenvalue weighted by molar-refractivity contribution is 0.00743. The Labute approximate surface area is 107 Å². The quantitative estimate of drug-likeness (QED) is 0.507. The molecule has 1 aromatic rings. The van der Waals surface area contributed by atoms with Crippen LogP contribution in [0.1, 0.15) is 25.3 Å². The van der Waals surface area contributed by atoms with Crippen LogP contribution in [0.15, 0.2) is 29.4 Å². The van der Waals surface area contributed by atoms with E-state index < -0.39 is 0 Å². The second kappa shape index (κ2) is 6.40. The van der Waals surface area contributed by atoms with Crippen molar-refractivity contribution in [2.45, 2.75) is 32.3 Å². The SMILES string of the molecule is C/C(Cc1ccc(OC2CCCOC2)cc1)=N/O. The first-order valence-corrected chi connectivity index (χ1v) is 6.29. The zero-order valence-corrected chi connectivity index (χ0v) is 10.6. The van der Waals surface area contributed by atoms with Gasteiger partial charge >= 0.3 is 0 Å². The lowest BCUT2D eigenvalue weighted by atomic mass is 10.1. The van der Waals surface area contributed by atoms with Crippen molar-refractivity contribution < 1.29 is 14.7 Å². The van der Waals surface area contributed by atoms with Gasteiger partial charge in [0.15, 0.2) is 0 Å². The molecule has 1 N–H and O–H groups in total. The first-order valence-electron chi connectivity index (χ1n) is 6.29. The smallest absolute Gasteiger partial charge is 0.122 e. The number of oxime groups is 1. The van der Waals surface area contributed by atoms with Gasteiger partial charge in [0.2, 0.25) is 0 Å². The third kappa shape index (κ3) is 3.74. The molecule has 1 fully saturated rings. The normalized spacial score (nSPS) is 20.7. The van der Waals surface area contributed by atoms with E-state index in [1.54, 1.807) is 6.92 Å². The minimum Gasteiger partial charge on any atom is -0.488 e. The predicted molar refractivity (Wildman–Crippen MR) is 69.5 cm³/mol. The minimum atomic E-state index is 0.172. The van der Waals surface area contributed by atoms with Gasteiger partial charge in [-0.25, -0.2) is 0 Å². The molecule has 18 heavy (non-hydrogen) atoms. The fourth-order valence-corrected chi connectivity index (χ4v) is 2.01. The van der Waals surface area contributed by atoms with E-state index in [1.807, 2.05) is 24.3 Å². The molecule has 1 aromatic carbocycles. The van der Waals surface area contributed by atoms with Crippen LogP contribution in [0.25, 0.3) is 0 Å². The van der Waals surface area contributed by atoms with Gasteiger partial charge in [0.25, 0.3) is 0 Å². The molecule has 1 saturated heterocycles. The summed E-state index contributed by atoms with van der Waals surface area (Å²) in [6.07, 6.45) is 2.95. The molecule has 4 heteroatoms. The fourth-order valence-electron chi connectivity index (χ4n) is 2.01. The van der Waals surface area contributed by atoms with Crippen LogP contribution in [-0.4, -0.2) is 30.2 Å². The standard InChI is InChI=1S/C14H19NO3/c1-11(15-16)9-12-4-6-13(7-5-12)18-14-3-2-8-17-10-14/h4-7,14,16H,2-3,8-10H2,1H3/b15-11-. The number of ether oxygens (including phenoxy) is 2. The summed E-state index contributed by atoms with van der Waals surface area (Å²) in [5.41, 5.74) is 1.81. The molecule has 0 saturated carbocycles. The summed E-state index contributed by atoms with van der Waals surface area (Å²) in [4.78, 5) is 0. The number of hydrogen-bond donors (Lipinski definition) is 1. The van der Waals surface area contributed by atoms with Crippen LogP contribution in [0.5, 0.6) is 5.75 Å². The summed E-state index contributed by atoms with van der Waals surface area (Å²) in [6, 6.07) is 7.89. The summed E-state index contributed by atoms with van der Waals surface area (Å²) in [5.74, 6) is 0.868. The van der Waals surface area contributed by atoms with Gasteiger partial charge in [-0.3, -0.25) is 0 Å². The van der Waals surface area contributed by atoms with Crippen molar-refractivity contribution in [2.75, 3.05) is 13.2 Å². The van der Waals surface area contributed by atoms with Crippen molar-refractivity contribution >= 4 is 5.71 Å². The molecule has 0 spiro atoms. The number of rotatable bonds is 4. The molecular formula is C14H19NO3. The van der Waals surface area contributed by atoms with Gasteiger partial charge in [0, 0.05) is 13.0 Å². The van der Waals surface area contributed by atoms with Gasteiger partial charge in [0.1, 0.15) is 11.9 Å². The maximum absolute atomic E-state index is 8.62. The predicted octanol–water partition coefficient (Wildman–Crippen LogP) is 2.64. The minimum absolute atomic E-state index is 0.172. The summed E-state index contributed by atoms with van der Waals surface area (Å²) < 4.78 is 11.2. The Morgan fingerprint density at radius 1 is 1.44 bits per heavy atom. The maximum atomic E-state index is 8.62. The largest absolute Gasteiger partial charge is 0.488 e. The van der Waals surface area contributed by atoms with Crippen LogP contribution in [0.4, 0.5) is 0 Å². The first kappa shape index (κ1) is 12.9. The summed E-state index contributed by atoms with van der Waals surface area (Å²) >= 11 is 0. The summed E-state index contributed by atoms with van der Waals surface area (Å²) in [7, 11) is 0. The van der Waals surface area contributed by atoms with Crippen LogP contribution in [0.2, 0.25) is 0 Å². The molecule has 0 amide bonds. The topological polar surface area (TPSA) is 51.0 Å². The van der Waals surface area contributed by atoms with Crippen molar-refractivity contribution in [1.82, 2.24) is 0 Å². The maximum Gasteiger partial charge on any atom is 0.122 e. The molecule has 4 nitrogen and oxygen atoms in total. The van der Waals surface area contributed by atoms with Crippen molar-refractivity contribution in [3.8, 4) is 5.75 Å². The second-order valence-corrected chi connectivity index (χ2v) is 4.61. The third-order valence-corrected chi connectivity index (χ3v) is 2.98. The average molecular weight is 249 g/mol. The monoisotopic (exact) mass is 249 g/mol. The molecule has 1 heterocycles. The van der Waals surface area contributed by atoms with Crippen molar-refractivity contribution in [2.24, 2.45) is 5.16 Å². The summed E-state index contributed by atoms with van der Waals surface area (Å²) in [5, 5.41) is 11.8. The second-order valence-electron chi connectivity index (χ2n) is 4.61. The molecule has 0 aliphatic carbocycles. The highest BCUT2D eigenvalue weighted by Crippen LogP contribution is 2.18. The van der Waals surface area contributed by atoms with E-state index in [2.05, 4.69) is 5.16 Å². The highest BCUT2D eigenvalue weighted by molar-refractivity contribution is 5.83. The highest BCUT2D eigenvalue weighted by atomic mass is 16.5. The van der Waals surface area contributed by atoms with E-state index in [-0.39, 0.29) is 6.10 Å². The van der Waals surface area contributed by atoms with Crippen molar-refractivity contribution in [3.63, 3.8) is 0 Å². The van der Waals surface area contributed by atoms with Gasteiger partial charge < -0.3 is 14.7 Å². The fraction of sp³-hybridized carbons (Fsp3) is 0.500. The summed E-state index contributed by atoms with van der Waals surface area (Å²) in [6.45, 7) is 3.32. The van der Waals surface area contributed by atoms with Gasteiger partial charge in [-0.1, -0.05) is 17.3 Å². The molecule has 1 unspecified atom stereocenters. The van der Waals surface area contributed by atoms with Crippen molar-refractivity contribution in [1.29, 1.82) is 0 Å². The lowest BCUT2D eigenvalue weighted by Gasteiger charge is -2.23. The Bertz CT molecular complexity index is 394. The number of nitrogens with zero attached hydrogens (tertiary/aromatic N) is 1. The van der Waals surface area contributed by atoms with Crippen LogP contribution >= 0.6 is 0 Å². The van der Waals surface area contributed by atoms with Crippen LogP contribution < -0.4 is 4.74 Å². The van der Waals surface area contributed by atoms with Crippen LogP contribution in [0.3, 0.4) is 0 Å². The Hall–Kier alpha value is -1.55. The van der Waals surface area contributed by atoms with E-state index in [1.165, 1.54) is 0 Å². The molecular weight excluding hydrogens is 230 g/mol. The first-order chi connectivity index (χ1) is 8.78. The lowest BCUT2D eigenvalue weighted by Crippen LogP contribution is -2.27. The van der Waals surface area contributed by atoms with Gasteiger partial charge in [0.05, 0.1) is 12.3 Å². The molecule has 0 radical (unpaired) electrons. The van der Waals surface area contributed by atoms with Gasteiger partial charge in [-0.15, -0.1) is 0 Å². The van der Waals surface area contributed by atoms with Crippen LogP contribution in [-0.2, 0) is 11.2 Å². The Balaban J connectivity index is 1.90. The molecule has 0 aromatic heterocycles. The number of hydrogen-bond acceptors (Lipinski definition) is 4. The van der Waals surface area contributed by atoms with E-state index >= 15 is 0 Å². The molecule has 2 rings (SSSR count). The van der Waals surface area contributed by atoms with Crippen molar-refractivity contribution in [3.05, 3.63) is 29.8 Å². The Morgan fingerprint density at radius 3 is 2.83 bits per heavy atom. The molecule has 1 atom stereocenters.